The summed E-state index contributed by atoms with van der Waals surface area (Å²) in [6.45, 7) is 3.44. The Bertz CT molecular complexity index is 1580. The highest BCUT2D eigenvalue weighted by Crippen LogP contribution is 2.35. The van der Waals surface area contributed by atoms with Crippen molar-refractivity contribution in [2.24, 2.45) is 0 Å². The van der Waals surface area contributed by atoms with Crippen LogP contribution in [-0.4, -0.2) is 42.5 Å². The lowest BCUT2D eigenvalue weighted by atomic mass is 10.1. The van der Waals surface area contributed by atoms with Crippen molar-refractivity contribution in [2.75, 3.05) is 23.1 Å². The zero-order valence-electron chi connectivity index (χ0n) is 21.4. The predicted octanol–water partition coefficient (Wildman–Crippen LogP) is 5.82. The average Bonchev–Trinajstić information content (AvgIpc) is 2.92. The molecular formula is C27H27Cl2FN6O3S. The number of halogens is 3. The topological polar surface area (TPSA) is 118 Å². The van der Waals surface area contributed by atoms with Crippen molar-refractivity contribution in [3.8, 4) is 22.9 Å². The molecule has 210 valence electrons. The van der Waals surface area contributed by atoms with Gasteiger partial charge in [0, 0.05) is 31.0 Å². The smallest absolute Gasteiger partial charge is 0.263 e. The largest absolute Gasteiger partial charge is 0.435 e. The molecule has 13 heteroatoms. The van der Waals surface area contributed by atoms with E-state index in [0.29, 0.717) is 22.8 Å². The van der Waals surface area contributed by atoms with Crippen molar-refractivity contribution in [1.29, 1.82) is 0 Å². The molecule has 3 N–H and O–H groups in total. The number of hydrogen-bond donors (Lipinski definition) is 3. The summed E-state index contributed by atoms with van der Waals surface area (Å²) in [5.41, 5.74) is 1.49. The molecular weight excluding hydrogens is 578 g/mol. The van der Waals surface area contributed by atoms with E-state index in [1.54, 1.807) is 43.5 Å². The van der Waals surface area contributed by atoms with Gasteiger partial charge in [-0.1, -0.05) is 23.7 Å². The SMILES string of the molecule is Cc1cc(NS(=O)(=O)c2ccccc2Cl)cc(F)c1Oc1ncccc1-c1ccnc(N[C@H]2CCCNC2)n1.Cl. The van der Waals surface area contributed by atoms with Crippen LogP contribution in [-0.2, 0) is 10.0 Å². The highest BCUT2D eigenvalue weighted by molar-refractivity contribution is 7.92. The first kappa shape index (κ1) is 29.5. The van der Waals surface area contributed by atoms with E-state index in [1.807, 2.05) is 0 Å². The van der Waals surface area contributed by atoms with E-state index < -0.39 is 15.8 Å². The molecule has 9 nitrogen and oxygen atoms in total. The van der Waals surface area contributed by atoms with E-state index in [2.05, 4.69) is 30.3 Å². The average molecular weight is 606 g/mol. The summed E-state index contributed by atoms with van der Waals surface area (Å²) in [6.07, 6.45) is 5.27. The van der Waals surface area contributed by atoms with E-state index in [0.717, 1.165) is 32.0 Å². The number of aryl methyl sites for hydroxylation is 1. The van der Waals surface area contributed by atoms with Gasteiger partial charge in [-0.3, -0.25) is 4.72 Å². The molecule has 1 saturated heterocycles. The van der Waals surface area contributed by atoms with Gasteiger partial charge in [0.2, 0.25) is 11.8 Å². The Kier molecular flexibility index (Phi) is 9.41. The summed E-state index contributed by atoms with van der Waals surface area (Å²) in [7, 11) is -4.03. The molecule has 1 fully saturated rings. The molecule has 0 bridgehead atoms. The third-order valence-electron chi connectivity index (χ3n) is 6.14. The Labute approximate surface area is 243 Å². The maximum atomic E-state index is 15.3. The summed E-state index contributed by atoms with van der Waals surface area (Å²) in [6, 6.07) is 14.0. The number of aromatic nitrogens is 3. The molecule has 3 heterocycles. The Morgan fingerprint density at radius 2 is 1.93 bits per heavy atom. The van der Waals surface area contributed by atoms with Crippen LogP contribution in [0, 0.1) is 12.7 Å². The van der Waals surface area contributed by atoms with Gasteiger partial charge in [0.15, 0.2) is 11.6 Å². The fraction of sp³-hybridized carbons (Fsp3) is 0.222. The van der Waals surface area contributed by atoms with Gasteiger partial charge in [0.05, 0.1) is 22.0 Å². The van der Waals surface area contributed by atoms with Crippen molar-refractivity contribution in [1.82, 2.24) is 20.3 Å². The van der Waals surface area contributed by atoms with E-state index in [4.69, 9.17) is 16.3 Å². The van der Waals surface area contributed by atoms with Crippen molar-refractivity contribution in [2.45, 2.75) is 30.7 Å². The van der Waals surface area contributed by atoms with Gasteiger partial charge in [-0.25, -0.2) is 27.8 Å². The molecule has 1 aliphatic heterocycles. The fourth-order valence-corrected chi connectivity index (χ4v) is 5.85. The molecule has 2 aromatic carbocycles. The number of nitrogens with one attached hydrogen (secondary N) is 3. The predicted molar refractivity (Wildman–Crippen MR) is 155 cm³/mol. The van der Waals surface area contributed by atoms with Crippen LogP contribution >= 0.6 is 24.0 Å². The first-order valence-corrected chi connectivity index (χ1v) is 14.2. The number of hydrogen-bond acceptors (Lipinski definition) is 8. The minimum atomic E-state index is -4.03. The molecule has 1 aliphatic rings. The monoisotopic (exact) mass is 604 g/mol. The van der Waals surface area contributed by atoms with Crippen molar-refractivity contribution in [3.05, 3.63) is 83.4 Å². The summed E-state index contributed by atoms with van der Waals surface area (Å²) in [4.78, 5) is 13.1. The maximum Gasteiger partial charge on any atom is 0.263 e. The zero-order chi connectivity index (χ0) is 27.4. The van der Waals surface area contributed by atoms with Gasteiger partial charge in [0.1, 0.15) is 4.90 Å². The van der Waals surface area contributed by atoms with Crippen molar-refractivity contribution < 1.29 is 17.5 Å². The quantitative estimate of drug-likeness (QED) is 0.230. The Morgan fingerprint density at radius 3 is 2.67 bits per heavy atom. The lowest BCUT2D eigenvalue weighted by Crippen LogP contribution is -2.38. The molecule has 0 radical (unpaired) electrons. The van der Waals surface area contributed by atoms with Crippen molar-refractivity contribution >= 4 is 45.7 Å². The third kappa shape index (κ3) is 6.79. The minimum Gasteiger partial charge on any atom is -0.435 e. The van der Waals surface area contributed by atoms with Crippen molar-refractivity contribution in [3.63, 3.8) is 0 Å². The molecule has 1 atom stereocenters. The second-order valence-electron chi connectivity index (χ2n) is 9.05. The first-order valence-electron chi connectivity index (χ1n) is 12.3. The molecule has 4 aromatic rings. The van der Waals surface area contributed by atoms with Crippen LogP contribution in [0.2, 0.25) is 5.02 Å². The van der Waals surface area contributed by atoms with Crippen LogP contribution in [0.3, 0.4) is 0 Å². The Morgan fingerprint density at radius 1 is 1.10 bits per heavy atom. The van der Waals surface area contributed by atoms with Gasteiger partial charge >= 0.3 is 0 Å². The second-order valence-corrected chi connectivity index (χ2v) is 11.1. The molecule has 40 heavy (non-hydrogen) atoms. The number of benzene rings is 2. The number of pyridine rings is 1. The minimum absolute atomic E-state index is 0. The summed E-state index contributed by atoms with van der Waals surface area (Å²) in [5, 5.41) is 6.75. The highest BCUT2D eigenvalue weighted by atomic mass is 35.5. The molecule has 0 aliphatic carbocycles. The van der Waals surface area contributed by atoms with Crippen LogP contribution in [0.1, 0.15) is 18.4 Å². The van der Waals surface area contributed by atoms with E-state index in [1.165, 1.54) is 24.4 Å². The number of piperidine rings is 1. The summed E-state index contributed by atoms with van der Waals surface area (Å²) in [5.74, 6) is -0.226. The normalized spacial score (nSPS) is 15.1. The van der Waals surface area contributed by atoms with E-state index in [-0.39, 0.29) is 45.7 Å². The highest BCUT2D eigenvalue weighted by Gasteiger charge is 2.21. The van der Waals surface area contributed by atoms with Gasteiger partial charge in [-0.2, -0.15) is 0 Å². The van der Waals surface area contributed by atoms with Crippen LogP contribution < -0.4 is 20.1 Å². The van der Waals surface area contributed by atoms with Crippen LogP contribution in [0.4, 0.5) is 16.0 Å². The van der Waals surface area contributed by atoms with E-state index >= 15 is 4.39 Å². The molecule has 0 saturated carbocycles. The zero-order valence-corrected chi connectivity index (χ0v) is 23.8. The van der Waals surface area contributed by atoms with Gasteiger partial charge < -0.3 is 15.4 Å². The number of nitrogens with zero attached hydrogens (tertiary/aromatic N) is 3. The molecule has 0 amide bonds. The van der Waals surface area contributed by atoms with Crippen LogP contribution in [0.5, 0.6) is 11.6 Å². The van der Waals surface area contributed by atoms with Crippen LogP contribution in [0.25, 0.3) is 11.3 Å². The van der Waals surface area contributed by atoms with Gasteiger partial charge in [-0.15, -0.1) is 12.4 Å². The Balaban J connectivity index is 0.00000370. The molecule has 0 unspecified atom stereocenters. The third-order valence-corrected chi connectivity index (χ3v) is 8.02. The maximum absolute atomic E-state index is 15.3. The number of ether oxygens (including phenoxy) is 1. The lowest BCUT2D eigenvalue weighted by Gasteiger charge is -2.23. The second kappa shape index (κ2) is 12.8. The van der Waals surface area contributed by atoms with Crippen LogP contribution in [0.15, 0.2) is 71.9 Å². The summed E-state index contributed by atoms with van der Waals surface area (Å²) >= 11 is 6.04. The lowest BCUT2D eigenvalue weighted by molar-refractivity contribution is 0.426. The first-order chi connectivity index (χ1) is 18.8. The number of rotatable bonds is 8. The Hall–Kier alpha value is -3.51. The molecule has 2 aromatic heterocycles. The number of sulfonamides is 1. The number of anilines is 2. The van der Waals surface area contributed by atoms with Gasteiger partial charge in [-0.05, 0) is 68.3 Å². The summed E-state index contributed by atoms with van der Waals surface area (Å²) < 4.78 is 49.2. The molecule has 0 spiro atoms. The standard InChI is InChI=1S/C27H26ClFN6O3S.ClH/c1-17-14-19(35-39(36,37)24-9-3-2-8-21(24)28)15-22(29)25(17)38-26-20(7-5-12-31-26)23-10-13-32-27(34-23)33-18-6-4-11-30-16-18;/h2-3,5,7-10,12-15,18,30,35H,4,6,11,16H2,1H3,(H,32,33,34);1H/t18-;/m0./s1. The fourth-order valence-electron chi connectivity index (χ4n) is 4.29. The van der Waals surface area contributed by atoms with E-state index in [9.17, 15) is 8.42 Å². The molecule has 5 rings (SSSR count). The van der Waals surface area contributed by atoms with Gasteiger partial charge in [0.25, 0.3) is 10.0 Å².